The minimum absolute atomic E-state index is 0.0622. The Morgan fingerprint density at radius 1 is 1.19 bits per heavy atom. The van der Waals surface area contributed by atoms with Crippen LogP contribution in [0.1, 0.15) is 41.2 Å². The molecular formula is C16H19N3O2. The number of nitrogens with zero attached hydrogens (tertiary/aromatic N) is 2. The van der Waals surface area contributed by atoms with E-state index < -0.39 is 0 Å². The Morgan fingerprint density at radius 2 is 2.10 bits per heavy atom. The van der Waals surface area contributed by atoms with Gasteiger partial charge in [0.05, 0.1) is 19.3 Å². The summed E-state index contributed by atoms with van der Waals surface area (Å²) in [6.45, 7) is 2.21. The Hall–Kier alpha value is -1.72. The number of nitrogens with one attached hydrogen (secondary N) is 1. The Labute approximate surface area is 123 Å². The fourth-order valence-corrected chi connectivity index (χ4v) is 3.19. The molecule has 110 valence electrons. The van der Waals surface area contributed by atoms with Crippen molar-refractivity contribution in [3.63, 3.8) is 0 Å². The van der Waals surface area contributed by atoms with Crippen LogP contribution in [-0.4, -0.2) is 29.9 Å². The average molecular weight is 285 g/mol. The molecule has 2 aromatic rings. The maximum absolute atomic E-state index is 5.52. The predicted octanol–water partition coefficient (Wildman–Crippen LogP) is 2.00. The van der Waals surface area contributed by atoms with Crippen LogP contribution in [0.3, 0.4) is 0 Å². The molecule has 0 saturated carbocycles. The lowest BCUT2D eigenvalue weighted by atomic mass is 9.84. The number of fused-ring (bicyclic) bond motifs is 1. The normalized spacial score (nSPS) is 25.5. The molecule has 5 heteroatoms. The standard InChI is InChI=1S/C16H19N3O2/c1-2-4-12-9-13(6-5-11(12)3-1)16-18-15(19-21-16)14-10-20-8-7-17-14/h1-4,13-14,17H,5-10H2. The third-order valence-corrected chi connectivity index (χ3v) is 4.39. The quantitative estimate of drug-likeness (QED) is 0.914. The lowest BCUT2D eigenvalue weighted by molar-refractivity contribution is 0.0734. The number of hydrogen-bond donors (Lipinski definition) is 1. The summed E-state index contributed by atoms with van der Waals surface area (Å²) in [7, 11) is 0. The second kappa shape index (κ2) is 5.58. The van der Waals surface area contributed by atoms with Gasteiger partial charge in [0, 0.05) is 12.5 Å². The molecule has 5 nitrogen and oxygen atoms in total. The largest absolute Gasteiger partial charge is 0.378 e. The highest BCUT2D eigenvalue weighted by Gasteiger charge is 2.27. The van der Waals surface area contributed by atoms with E-state index in [1.807, 2.05) is 0 Å². The van der Waals surface area contributed by atoms with Gasteiger partial charge in [-0.05, 0) is 30.4 Å². The molecule has 1 aromatic carbocycles. The molecule has 1 aromatic heterocycles. The summed E-state index contributed by atoms with van der Waals surface area (Å²) in [5.41, 5.74) is 2.86. The molecule has 2 unspecified atom stereocenters. The van der Waals surface area contributed by atoms with E-state index in [0.29, 0.717) is 12.5 Å². The van der Waals surface area contributed by atoms with Crippen molar-refractivity contribution in [2.45, 2.75) is 31.2 Å². The van der Waals surface area contributed by atoms with Crippen molar-refractivity contribution in [3.05, 3.63) is 47.1 Å². The second-order valence-electron chi connectivity index (χ2n) is 5.78. The molecule has 0 spiro atoms. The molecule has 1 aliphatic carbocycles. The number of ether oxygens (including phenoxy) is 1. The molecule has 0 radical (unpaired) electrons. The molecule has 21 heavy (non-hydrogen) atoms. The van der Waals surface area contributed by atoms with Gasteiger partial charge < -0.3 is 14.6 Å². The van der Waals surface area contributed by atoms with Gasteiger partial charge in [0.1, 0.15) is 0 Å². The van der Waals surface area contributed by atoms with Crippen LogP contribution in [0, 0.1) is 0 Å². The third-order valence-electron chi connectivity index (χ3n) is 4.39. The fourth-order valence-electron chi connectivity index (χ4n) is 3.19. The molecule has 2 heterocycles. The van der Waals surface area contributed by atoms with Gasteiger partial charge >= 0.3 is 0 Å². The molecule has 1 saturated heterocycles. The van der Waals surface area contributed by atoms with Crippen molar-refractivity contribution < 1.29 is 9.26 Å². The van der Waals surface area contributed by atoms with Gasteiger partial charge in [-0.2, -0.15) is 4.98 Å². The van der Waals surface area contributed by atoms with E-state index in [2.05, 4.69) is 39.7 Å². The molecule has 1 aliphatic heterocycles. The SMILES string of the molecule is c1ccc2c(c1)CCC(c1nc(C3COCCN3)no1)C2. The summed E-state index contributed by atoms with van der Waals surface area (Å²) in [4.78, 5) is 4.61. The number of morpholine rings is 1. The van der Waals surface area contributed by atoms with E-state index in [0.717, 1.165) is 44.1 Å². The molecule has 0 bridgehead atoms. The molecular weight excluding hydrogens is 266 g/mol. The van der Waals surface area contributed by atoms with E-state index in [-0.39, 0.29) is 6.04 Å². The Balaban J connectivity index is 1.51. The van der Waals surface area contributed by atoms with Gasteiger partial charge in [-0.3, -0.25) is 0 Å². The summed E-state index contributed by atoms with van der Waals surface area (Å²) in [5, 5.41) is 7.50. The van der Waals surface area contributed by atoms with Crippen LogP contribution in [0.5, 0.6) is 0 Å². The lowest BCUT2D eigenvalue weighted by Crippen LogP contribution is -2.35. The van der Waals surface area contributed by atoms with E-state index >= 15 is 0 Å². The van der Waals surface area contributed by atoms with E-state index in [1.54, 1.807) is 0 Å². The Kier molecular flexibility index (Phi) is 3.45. The van der Waals surface area contributed by atoms with E-state index in [9.17, 15) is 0 Å². The summed E-state index contributed by atoms with van der Waals surface area (Å²) < 4.78 is 11.0. The first-order valence-corrected chi connectivity index (χ1v) is 7.61. The number of hydrogen-bond acceptors (Lipinski definition) is 5. The van der Waals surface area contributed by atoms with Crippen molar-refractivity contribution in [3.8, 4) is 0 Å². The van der Waals surface area contributed by atoms with Crippen molar-refractivity contribution in [2.75, 3.05) is 19.8 Å². The van der Waals surface area contributed by atoms with Crippen LogP contribution in [0.25, 0.3) is 0 Å². The topological polar surface area (TPSA) is 60.2 Å². The lowest BCUT2D eigenvalue weighted by Gasteiger charge is -2.22. The van der Waals surface area contributed by atoms with Crippen molar-refractivity contribution >= 4 is 0 Å². The number of benzene rings is 1. The highest BCUT2D eigenvalue weighted by molar-refractivity contribution is 5.31. The minimum Gasteiger partial charge on any atom is -0.378 e. The maximum Gasteiger partial charge on any atom is 0.230 e. The van der Waals surface area contributed by atoms with Gasteiger partial charge in [-0.1, -0.05) is 29.4 Å². The fraction of sp³-hybridized carbons (Fsp3) is 0.500. The Morgan fingerprint density at radius 3 is 2.95 bits per heavy atom. The summed E-state index contributed by atoms with van der Waals surface area (Å²) in [6, 6.07) is 8.69. The third kappa shape index (κ3) is 2.59. The van der Waals surface area contributed by atoms with Gasteiger partial charge in [-0.25, -0.2) is 0 Å². The monoisotopic (exact) mass is 285 g/mol. The van der Waals surface area contributed by atoms with Crippen LogP contribution in [0.4, 0.5) is 0 Å². The highest BCUT2D eigenvalue weighted by atomic mass is 16.5. The minimum atomic E-state index is 0.0622. The average Bonchev–Trinajstić information content (AvgIpc) is 3.05. The van der Waals surface area contributed by atoms with Crippen LogP contribution >= 0.6 is 0 Å². The summed E-state index contributed by atoms with van der Waals surface area (Å²) in [5.74, 6) is 1.83. The zero-order valence-corrected chi connectivity index (χ0v) is 11.9. The number of aromatic nitrogens is 2. The maximum atomic E-state index is 5.52. The first-order chi connectivity index (χ1) is 10.4. The predicted molar refractivity (Wildman–Crippen MR) is 77.1 cm³/mol. The van der Waals surface area contributed by atoms with Crippen LogP contribution < -0.4 is 5.32 Å². The van der Waals surface area contributed by atoms with Gasteiger partial charge in [0.25, 0.3) is 0 Å². The van der Waals surface area contributed by atoms with E-state index in [4.69, 9.17) is 9.26 Å². The number of aryl methyl sites for hydroxylation is 1. The summed E-state index contributed by atoms with van der Waals surface area (Å²) in [6.07, 6.45) is 3.16. The van der Waals surface area contributed by atoms with Crippen molar-refractivity contribution in [1.82, 2.24) is 15.5 Å². The van der Waals surface area contributed by atoms with Gasteiger partial charge in [0.2, 0.25) is 5.89 Å². The molecule has 1 fully saturated rings. The van der Waals surface area contributed by atoms with Crippen LogP contribution in [-0.2, 0) is 17.6 Å². The zero-order valence-electron chi connectivity index (χ0n) is 11.9. The van der Waals surface area contributed by atoms with Crippen molar-refractivity contribution in [2.24, 2.45) is 0 Å². The van der Waals surface area contributed by atoms with Gasteiger partial charge in [0.15, 0.2) is 5.82 Å². The smallest absolute Gasteiger partial charge is 0.230 e. The first kappa shape index (κ1) is 13.0. The highest BCUT2D eigenvalue weighted by Crippen LogP contribution is 2.32. The van der Waals surface area contributed by atoms with Crippen LogP contribution in [0.2, 0.25) is 0 Å². The molecule has 2 atom stereocenters. The van der Waals surface area contributed by atoms with Crippen molar-refractivity contribution in [1.29, 1.82) is 0 Å². The molecule has 0 amide bonds. The molecule has 1 N–H and O–H groups in total. The second-order valence-corrected chi connectivity index (χ2v) is 5.78. The zero-order chi connectivity index (χ0) is 14.1. The van der Waals surface area contributed by atoms with Gasteiger partial charge in [-0.15, -0.1) is 0 Å². The van der Waals surface area contributed by atoms with E-state index in [1.165, 1.54) is 11.1 Å². The molecule has 2 aliphatic rings. The Bertz CT molecular complexity index is 619. The number of rotatable bonds is 2. The first-order valence-electron chi connectivity index (χ1n) is 7.61. The summed E-state index contributed by atoms with van der Waals surface area (Å²) >= 11 is 0. The van der Waals surface area contributed by atoms with Crippen LogP contribution in [0.15, 0.2) is 28.8 Å². The molecule has 4 rings (SSSR count).